The van der Waals surface area contributed by atoms with E-state index in [4.69, 9.17) is 0 Å². The molecule has 0 radical (unpaired) electrons. The van der Waals surface area contributed by atoms with E-state index in [0.717, 1.165) is 19.6 Å². The molecule has 1 unspecified atom stereocenters. The fourth-order valence-corrected chi connectivity index (χ4v) is 3.34. The molecule has 1 aliphatic heterocycles. The highest BCUT2D eigenvalue weighted by Gasteiger charge is 2.31. The lowest BCUT2D eigenvalue weighted by atomic mass is 9.98. The van der Waals surface area contributed by atoms with Crippen molar-refractivity contribution in [2.75, 3.05) is 26.7 Å². The molecule has 1 aliphatic rings. The van der Waals surface area contributed by atoms with E-state index in [1.54, 1.807) is 42.7 Å². The average molecular weight is 339 g/mol. The molecule has 1 saturated heterocycles. The van der Waals surface area contributed by atoms with Crippen molar-refractivity contribution in [3.05, 3.63) is 59.4 Å². The van der Waals surface area contributed by atoms with E-state index in [9.17, 15) is 9.59 Å². The van der Waals surface area contributed by atoms with Crippen LogP contribution in [0.3, 0.4) is 0 Å². The summed E-state index contributed by atoms with van der Waals surface area (Å²) in [5.41, 5.74) is 1.86. The molecule has 132 valence electrons. The first-order valence-corrected chi connectivity index (χ1v) is 8.74. The van der Waals surface area contributed by atoms with Gasteiger partial charge in [0, 0.05) is 54.8 Å². The molecule has 25 heavy (non-hydrogen) atoms. The monoisotopic (exact) mass is 339 g/mol. The number of piperazine rings is 1. The fourth-order valence-electron chi connectivity index (χ4n) is 3.34. The molecule has 1 fully saturated rings. The minimum Gasteiger partial charge on any atom is -0.367 e. The van der Waals surface area contributed by atoms with Crippen molar-refractivity contribution < 1.29 is 9.59 Å². The van der Waals surface area contributed by atoms with Gasteiger partial charge in [-0.3, -0.25) is 9.59 Å². The molecule has 0 saturated carbocycles. The summed E-state index contributed by atoms with van der Waals surface area (Å²) in [6.07, 6.45) is 3.41. The molecule has 0 bridgehead atoms. The highest BCUT2D eigenvalue weighted by molar-refractivity contribution is 6.09. The van der Waals surface area contributed by atoms with Crippen LogP contribution in [0.15, 0.2) is 42.7 Å². The van der Waals surface area contributed by atoms with Gasteiger partial charge in [-0.25, -0.2) is 0 Å². The van der Waals surface area contributed by atoms with Crippen LogP contribution in [0, 0.1) is 5.92 Å². The number of carbonyl (C=O) groups is 2. The molecular weight excluding hydrogens is 314 g/mol. The molecule has 1 atom stereocenters. The molecule has 2 heterocycles. The van der Waals surface area contributed by atoms with Crippen LogP contribution >= 0.6 is 0 Å². The largest absolute Gasteiger partial charge is 0.367 e. The van der Waals surface area contributed by atoms with Crippen molar-refractivity contribution in [1.29, 1.82) is 0 Å². The Bertz CT molecular complexity index is 735. The molecule has 0 spiro atoms. The van der Waals surface area contributed by atoms with E-state index < -0.39 is 0 Å². The van der Waals surface area contributed by atoms with Gasteiger partial charge in [-0.2, -0.15) is 0 Å². The van der Waals surface area contributed by atoms with Crippen LogP contribution in [0.4, 0.5) is 0 Å². The Labute approximate surface area is 148 Å². The Kier molecular flexibility index (Phi) is 5.04. The number of hydrogen-bond donors (Lipinski definition) is 1. The summed E-state index contributed by atoms with van der Waals surface area (Å²) in [5, 5.41) is 0. The second kappa shape index (κ2) is 7.23. The normalized spacial score (nSPS) is 18.6. The topological polar surface area (TPSA) is 56.4 Å². The Morgan fingerprint density at radius 3 is 2.32 bits per heavy atom. The van der Waals surface area contributed by atoms with Gasteiger partial charge in [0.2, 0.25) is 0 Å². The van der Waals surface area contributed by atoms with Crippen molar-refractivity contribution in [2.24, 2.45) is 5.92 Å². The molecular formula is C20H25N3O2. The standard InChI is InChI=1S/C20H25N3O2/c1-14(2)18-13-22(3)10-11-23(18)20(25)16-6-4-15(5-7-16)19(24)17-8-9-21-12-17/h4-9,12,14,18,21H,10-11,13H2,1-3H3. The first-order chi connectivity index (χ1) is 12.0. The molecule has 1 N–H and O–H groups in total. The summed E-state index contributed by atoms with van der Waals surface area (Å²) in [6.45, 7) is 6.83. The number of rotatable bonds is 4. The van der Waals surface area contributed by atoms with Gasteiger partial charge >= 0.3 is 0 Å². The summed E-state index contributed by atoms with van der Waals surface area (Å²) in [5.74, 6) is 0.411. The summed E-state index contributed by atoms with van der Waals surface area (Å²) in [6, 6.07) is 8.97. The van der Waals surface area contributed by atoms with Crippen LogP contribution in [-0.4, -0.2) is 59.2 Å². The van der Waals surface area contributed by atoms with Crippen molar-refractivity contribution in [2.45, 2.75) is 19.9 Å². The van der Waals surface area contributed by atoms with Gasteiger partial charge in [0.1, 0.15) is 0 Å². The zero-order valence-electron chi connectivity index (χ0n) is 15.0. The number of nitrogens with one attached hydrogen (secondary N) is 1. The second-order valence-corrected chi connectivity index (χ2v) is 7.08. The molecule has 1 aromatic heterocycles. The number of likely N-dealkylation sites (N-methyl/N-ethyl adjacent to an activating group) is 1. The number of benzene rings is 1. The lowest BCUT2D eigenvalue weighted by Crippen LogP contribution is -2.56. The summed E-state index contributed by atoms with van der Waals surface area (Å²) >= 11 is 0. The van der Waals surface area contributed by atoms with Crippen molar-refractivity contribution in [1.82, 2.24) is 14.8 Å². The van der Waals surface area contributed by atoms with Crippen LogP contribution in [-0.2, 0) is 0 Å². The van der Waals surface area contributed by atoms with Crippen molar-refractivity contribution >= 4 is 11.7 Å². The highest BCUT2D eigenvalue weighted by Crippen LogP contribution is 2.20. The number of carbonyl (C=O) groups excluding carboxylic acids is 2. The molecule has 2 aromatic rings. The zero-order valence-corrected chi connectivity index (χ0v) is 15.0. The van der Waals surface area contributed by atoms with Gasteiger partial charge < -0.3 is 14.8 Å². The first-order valence-electron chi connectivity index (χ1n) is 8.74. The minimum absolute atomic E-state index is 0.0418. The lowest BCUT2D eigenvalue weighted by Gasteiger charge is -2.42. The van der Waals surface area contributed by atoms with Crippen LogP contribution in [0.2, 0.25) is 0 Å². The third kappa shape index (κ3) is 3.66. The van der Waals surface area contributed by atoms with E-state index in [2.05, 4.69) is 30.8 Å². The predicted molar refractivity (Wildman–Crippen MR) is 97.8 cm³/mol. The third-order valence-electron chi connectivity index (χ3n) is 4.91. The van der Waals surface area contributed by atoms with Gasteiger partial charge in [-0.15, -0.1) is 0 Å². The molecule has 1 amide bonds. The summed E-state index contributed by atoms with van der Waals surface area (Å²) in [4.78, 5) is 32.4. The second-order valence-electron chi connectivity index (χ2n) is 7.08. The van der Waals surface area contributed by atoms with E-state index in [0.29, 0.717) is 22.6 Å². The third-order valence-corrected chi connectivity index (χ3v) is 4.91. The van der Waals surface area contributed by atoms with E-state index in [1.165, 1.54) is 0 Å². The molecule has 0 aliphatic carbocycles. The lowest BCUT2D eigenvalue weighted by molar-refractivity contribution is 0.0402. The van der Waals surface area contributed by atoms with Crippen LogP contribution in [0.25, 0.3) is 0 Å². The zero-order chi connectivity index (χ0) is 18.0. The summed E-state index contributed by atoms with van der Waals surface area (Å²) < 4.78 is 0. The van der Waals surface area contributed by atoms with Crippen LogP contribution in [0.1, 0.15) is 40.1 Å². The van der Waals surface area contributed by atoms with E-state index >= 15 is 0 Å². The Balaban J connectivity index is 1.77. The number of ketones is 1. The predicted octanol–water partition coefficient (Wildman–Crippen LogP) is 2.66. The van der Waals surface area contributed by atoms with Gasteiger partial charge in [0.25, 0.3) is 5.91 Å². The fraction of sp³-hybridized carbons (Fsp3) is 0.400. The highest BCUT2D eigenvalue weighted by atomic mass is 16.2. The van der Waals surface area contributed by atoms with Gasteiger partial charge in [-0.1, -0.05) is 26.0 Å². The number of aromatic nitrogens is 1. The molecule has 5 nitrogen and oxygen atoms in total. The number of aromatic amines is 1. The number of nitrogens with zero attached hydrogens (tertiary/aromatic N) is 2. The average Bonchev–Trinajstić information content (AvgIpc) is 3.15. The molecule has 1 aromatic carbocycles. The smallest absolute Gasteiger partial charge is 0.254 e. The Morgan fingerprint density at radius 2 is 1.72 bits per heavy atom. The SMILES string of the molecule is CC(C)C1CN(C)CCN1C(=O)c1ccc(C(=O)c2cc[nH]c2)cc1. The maximum absolute atomic E-state index is 12.9. The van der Waals surface area contributed by atoms with Crippen LogP contribution in [0.5, 0.6) is 0 Å². The van der Waals surface area contributed by atoms with Gasteiger partial charge in [0.05, 0.1) is 0 Å². The van der Waals surface area contributed by atoms with E-state index in [1.807, 2.05) is 4.90 Å². The molecule has 3 rings (SSSR count). The first kappa shape index (κ1) is 17.4. The maximum Gasteiger partial charge on any atom is 0.254 e. The van der Waals surface area contributed by atoms with Crippen molar-refractivity contribution in [3.8, 4) is 0 Å². The minimum atomic E-state index is -0.0418. The van der Waals surface area contributed by atoms with E-state index in [-0.39, 0.29) is 17.7 Å². The Hall–Kier alpha value is -2.40. The Morgan fingerprint density at radius 1 is 1.04 bits per heavy atom. The quantitative estimate of drug-likeness (QED) is 0.871. The molecule has 5 heteroatoms. The maximum atomic E-state index is 12.9. The number of amides is 1. The summed E-state index contributed by atoms with van der Waals surface area (Å²) in [7, 11) is 2.10. The number of H-pyrrole nitrogens is 1. The van der Waals surface area contributed by atoms with Gasteiger partial charge in [-0.05, 0) is 31.2 Å². The van der Waals surface area contributed by atoms with Crippen molar-refractivity contribution in [3.63, 3.8) is 0 Å². The van der Waals surface area contributed by atoms with Gasteiger partial charge in [0.15, 0.2) is 5.78 Å². The van der Waals surface area contributed by atoms with Crippen LogP contribution < -0.4 is 0 Å². The number of hydrogen-bond acceptors (Lipinski definition) is 3.